The van der Waals surface area contributed by atoms with E-state index in [2.05, 4.69) is 26.3 Å². The van der Waals surface area contributed by atoms with Crippen LogP contribution in [-0.4, -0.2) is 38.5 Å². The summed E-state index contributed by atoms with van der Waals surface area (Å²) in [5.41, 5.74) is 5.53. The first-order valence-corrected chi connectivity index (χ1v) is 11.3. The van der Waals surface area contributed by atoms with Gasteiger partial charge in [-0.1, -0.05) is 36.4 Å². The van der Waals surface area contributed by atoms with Gasteiger partial charge in [0.05, 0.1) is 27.7 Å². The molecule has 9 heteroatoms. The van der Waals surface area contributed by atoms with Crippen molar-refractivity contribution in [2.75, 3.05) is 0 Å². The molecule has 1 atom stereocenters. The van der Waals surface area contributed by atoms with E-state index in [-0.39, 0.29) is 36.7 Å². The van der Waals surface area contributed by atoms with Gasteiger partial charge in [-0.15, -0.1) is 12.4 Å². The Bertz CT molecular complexity index is 1750. The number of amides is 2. The number of para-hydroxylation sites is 2. The molecule has 3 aromatic carbocycles. The van der Waals surface area contributed by atoms with Gasteiger partial charge >= 0.3 is 5.97 Å². The minimum absolute atomic E-state index is 0. The molecule has 2 aliphatic rings. The molecule has 4 heterocycles. The topological polar surface area (TPSA) is 116 Å². The Kier molecular flexibility index (Phi) is 4.67. The number of benzene rings is 3. The quantitative estimate of drug-likeness (QED) is 0.286. The third-order valence-electron chi connectivity index (χ3n) is 7.23. The molecule has 0 spiro atoms. The highest BCUT2D eigenvalue weighted by Gasteiger charge is 2.36. The number of fused-ring (bicyclic) bond motifs is 10. The van der Waals surface area contributed by atoms with Crippen molar-refractivity contribution in [2.24, 2.45) is 0 Å². The van der Waals surface area contributed by atoms with E-state index in [9.17, 15) is 19.5 Å². The van der Waals surface area contributed by atoms with Gasteiger partial charge in [-0.2, -0.15) is 0 Å². The number of imide groups is 1. The number of aromatic nitrogens is 2. The predicted octanol–water partition coefficient (Wildman–Crippen LogP) is 4.07. The molecule has 35 heavy (non-hydrogen) atoms. The molecular weight excluding hydrogens is 468 g/mol. The van der Waals surface area contributed by atoms with Crippen molar-refractivity contribution in [1.29, 1.82) is 0 Å². The number of carbonyl (C=O) groups is 3. The second-order valence-electron chi connectivity index (χ2n) is 9.11. The van der Waals surface area contributed by atoms with Crippen molar-refractivity contribution >= 4 is 73.8 Å². The lowest BCUT2D eigenvalue weighted by atomic mass is 9.96. The fraction of sp³-hybridized carbons (Fsp3) is 0.192. The summed E-state index contributed by atoms with van der Waals surface area (Å²) in [6, 6.07) is 13.8. The number of hydrogen-bond donors (Lipinski definition) is 4. The number of halogens is 1. The van der Waals surface area contributed by atoms with E-state index >= 15 is 0 Å². The Balaban J connectivity index is 0.00000229. The molecule has 2 aromatic heterocycles. The number of nitrogens with zero attached hydrogens (tertiary/aromatic N) is 1. The monoisotopic (exact) mass is 488 g/mol. The van der Waals surface area contributed by atoms with Crippen molar-refractivity contribution in [3.05, 3.63) is 59.2 Å². The molecule has 2 amide bonds. The van der Waals surface area contributed by atoms with Crippen LogP contribution >= 0.6 is 12.4 Å². The van der Waals surface area contributed by atoms with E-state index in [4.69, 9.17) is 0 Å². The number of carbonyl (C=O) groups excluding carboxylic acids is 2. The number of carboxylic acids is 1. The van der Waals surface area contributed by atoms with Crippen molar-refractivity contribution in [3.8, 4) is 0 Å². The van der Waals surface area contributed by atoms with Crippen LogP contribution in [0.25, 0.3) is 43.6 Å². The molecule has 0 saturated heterocycles. The average Bonchev–Trinajstić information content (AvgIpc) is 3.40. The van der Waals surface area contributed by atoms with Crippen LogP contribution in [0.4, 0.5) is 0 Å². The van der Waals surface area contributed by atoms with Crippen molar-refractivity contribution in [3.63, 3.8) is 0 Å². The molecule has 5 aromatic rings. The molecule has 0 aliphatic carbocycles. The first-order chi connectivity index (χ1) is 16.5. The minimum Gasteiger partial charge on any atom is -0.481 e. The maximum absolute atomic E-state index is 13.1. The lowest BCUT2D eigenvalue weighted by molar-refractivity contribution is -0.137. The van der Waals surface area contributed by atoms with Crippen molar-refractivity contribution < 1.29 is 19.5 Å². The van der Waals surface area contributed by atoms with Crippen molar-refractivity contribution in [2.45, 2.75) is 32.0 Å². The first-order valence-electron chi connectivity index (χ1n) is 11.3. The number of H-pyrrole nitrogens is 1. The summed E-state index contributed by atoms with van der Waals surface area (Å²) in [4.78, 5) is 40.9. The molecule has 8 nitrogen and oxygen atoms in total. The molecule has 0 bridgehead atoms. The summed E-state index contributed by atoms with van der Waals surface area (Å²) in [6.07, 6.45) is 0.564. The van der Waals surface area contributed by atoms with E-state index in [0.717, 1.165) is 49.2 Å². The molecule has 0 saturated carbocycles. The lowest BCUT2D eigenvalue weighted by Gasteiger charge is -2.17. The summed E-state index contributed by atoms with van der Waals surface area (Å²) >= 11 is 0. The zero-order chi connectivity index (χ0) is 23.1. The Morgan fingerprint density at radius 1 is 0.971 bits per heavy atom. The molecule has 0 fully saturated rings. The predicted molar refractivity (Wildman–Crippen MR) is 135 cm³/mol. The van der Waals surface area contributed by atoms with E-state index in [0.29, 0.717) is 30.6 Å². The Morgan fingerprint density at radius 3 is 2.51 bits per heavy atom. The second-order valence-corrected chi connectivity index (χ2v) is 9.11. The van der Waals surface area contributed by atoms with Gasteiger partial charge in [0.1, 0.15) is 0 Å². The molecule has 176 valence electrons. The summed E-state index contributed by atoms with van der Waals surface area (Å²) in [6.45, 7) is 1.16. The van der Waals surface area contributed by atoms with Gasteiger partial charge in [0, 0.05) is 52.6 Å². The smallest absolute Gasteiger partial charge is 0.303 e. The molecule has 4 N–H and O–H groups in total. The second kappa shape index (κ2) is 7.56. The van der Waals surface area contributed by atoms with Gasteiger partial charge in [0.2, 0.25) is 0 Å². The van der Waals surface area contributed by atoms with Crippen LogP contribution in [-0.2, 0) is 17.9 Å². The minimum atomic E-state index is -0.822. The van der Waals surface area contributed by atoms with Crippen LogP contribution in [0.3, 0.4) is 0 Å². The summed E-state index contributed by atoms with van der Waals surface area (Å²) in [5.74, 6) is -1.57. The fourth-order valence-corrected chi connectivity index (χ4v) is 5.87. The Labute approximate surface area is 204 Å². The number of aromatic amines is 1. The standard InChI is InChI=1S/C26H20N4O4.ClH/c31-17(32)9-8-13-11-30-23-12(10-27-13)4-3-6-15(23)19-21-20(25(33)29-26(21)34)18-14-5-1-2-7-16(14)28-22(18)24(19)30;/h1-7,13,27-28H,8-11H2,(H,31,32)(H,29,33,34);1H/t13-;/m0./s1. The third kappa shape index (κ3) is 2.87. The molecule has 2 aliphatic heterocycles. The number of hydrogen-bond acceptors (Lipinski definition) is 4. The zero-order valence-electron chi connectivity index (χ0n) is 18.5. The van der Waals surface area contributed by atoms with Crippen LogP contribution < -0.4 is 10.6 Å². The van der Waals surface area contributed by atoms with E-state index in [1.54, 1.807) is 0 Å². The lowest BCUT2D eigenvalue weighted by Crippen LogP contribution is -2.31. The Hall–Kier alpha value is -3.88. The van der Waals surface area contributed by atoms with E-state index in [1.165, 1.54) is 0 Å². The highest BCUT2D eigenvalue weighted by molar-refractivity contribution is 6.39. The van der Waals surface area contributed by atoms with E-state index < -0.39 is 5.97 Å². The maximum Gasteiger partial charge on any atom is 0.303 e. The molecule has 7 rings (SSSR count). The van der Waals surface area contributed by atoms with Gasteiger partial charge in [0.25, 0.3) is 11.8 Å². The van der Waals surface area contributed by atoms with E-state index in [1.807, 2.05) is 36.4 Å². The normalized spacial score (nSPS) is 17.1. The summed E-state index contributed by atoms with van der Waals surface area (Å²) in [7, 11) is 0. The van der Waals surface area contributed by atoms with Gasteiger partial charge in [0.15, 0.2) is 0 Å². The number of nitrogens with one attached hydrogen (secondary N) is 3. The van der Waals surface area contributed by atoms with Gasteiger partial charge in [-0.05, 0) is 18.1 Å². The number of rotatable bonds is 3. The fourth-order valence-electron chi connectivity index (χ4n) is 5.87. The number of aliphatic carboxylic acids is 1. The zero-order valence-corrected chi connectivity index (χ0v) is 19.3. The molecule has 0 unspecified atom stereocenters. The van der Waals surface area contributed by atoms with Crippen LogP contribution in [0.2, 0.25) is 0 Å². The molecule has 0 radical (unpaired) electrons. The Morgan fingerprint density at radius 2 is 1.71 bits per heavy atom. The highest BCUT2D eigenvalue weighted by Crippen LogP contribution is 2.44. The average molecular weight is 489 g/mol. The van der Waals surface area contributed by atoms with Crippen LogP contribution in [0.15, 0.2) is 42.5 Å². The van der Waals surface area contributed by atoms with Crippen LogP contribution in [0.1, 0.15) is 39.1 Å². The summed E-state index contributed by atoms with van der Waals surface area (Å²) in [5, 5.41) is 18.6. The van der Waals surface area contributed by atoms with Gasteiger partial charge < -0.3 is 20.0 Å². The highest BCUT2D eigenvalue weighted by atomic mass is 35.5. The largest absolute Gasteiger partial charge is 0.481 e. The van der Waals surface area contributed by atoms with Crippen molar-refractivity contribution in [1.82, 2.24) is 20.2 Å². The third-order valence-corrected chi connectivity index (χ3v) is 7.23. The van der Waals surface area contributed by atoms with Crippen LogP contribution in [0, 0.1) is 0 Å². The maximum atomic E-state index is 13.1. The first kappa shape index (κ1) is 21.6. The SMILES string of the molecule is Cl.O=C(O)CC[C@H]1Cn2c3c(cccc3c3c4c(c5c6ccccc6[nH]c5c32)C(=O)NC4=O)CN1. The number of carboxylic acid groups (broad SMARTS) is 1. The van der Waals surface area contributed by atoms with Gasteiger partial charge in [-0.3, -0.25) is 19.7 Å². The molecular formula is C26H21ClN4O4. The van der Waals surface area contributed by atoms with Gasteiger partial charge in [-0.25, -0.2) is 0 Å². The summed E-state index contributed by atoms with van der Waals surface area (Å²) < 4.78 is 2.21. The van der Waals surface area contributed by atoms with Crippen LogP contribution in [0.5, 0.6) is 0 Å².